The number of aromatic carboxylic acids is 1. The van der Waals surface area contributed by atoms with E-state index in [1.54, 1.807) is 13.0 Å². The maximum Gasteiger partial charge on any atom is 0.234 e. The Bertz CT molecular complexity index is 1000. The van der Waals surface area contributed by atoms with E-state index in [1.807, 2.05) is 25.1 Å². The zero-order valence-electron chi connectivity index (χ0n) is 14.9. The molecule has 3 rings (SSSR count). The van der Waals surface area contributed by atoms with Gasteiger partial charge in [0, 0.05) is 11.8 Å². The van der Waals surface area contributed by atoms with Crippen LogP contribution in [0.4, 0.5) is 5.69 Å². The number of benzene rings is 2. The van der Waals surface area contributed by atoms with Crippen LogP contribution in [-0.2, 0) is 4.79 Å². The van der Waals surface area contributed by atoms with Crippen LogP contribution in [0, 0.1) is 6.92 Å². The van der Waals surface area contributed by atoms with E-state index in [0.717, 1.165) is 22.3 Å². The molecular weight excluding hydrogens is 366 g/mol. The fourth-order valence-corrected chi connectivity index (χ4v) is 3.18. The minimum atomic E-state index is -1.28. The summed E-state index contributed by atoms with van der Waals surface area (Å²) in [5, 5.41) is 14.3. The summed E-state index contributed by atoms with van der Waals surface area (Å²) in [5.74, 6) is -0.651. The van der Waals surface area contributed by atoms with Crippen molar-refractivity contribution in [3.8, 4) is 5.75 Å². The molecule has 0 atom stereocenters. The number of thioether (sulfide) groups is 1. The van der Waals surface area contributed by atoms with Gasteiger partial charge >= 0.3 is 0 Å². The molecule has 1 amide bonds. The van der Waals surface area contributed by atoms with E-state index in [0.29, 0.717) is 17.5 Å². The van der Waals surface area contributed by atoms with Crippen molar-refractivity contribution in [2.45, 2.75) is 19.0 Å². The number of carbonyl (C=O) groups excluding carboxylic acids is 2. The molecule has 2 N–H and O–H groups in total. The minimum Gasteiger partial charge on any atom is -0.545 e. The SMILES string of the molecule is CCOc1ccc2nc(SCC(=O)Nc3cc(C(=O)[O-])ccc3C)[nH]c2c1. The van der Waals surface area contributed by atoms with Crippen LogP contribution in [0.15, 0.2) is 41.6 Å². The number of aromatic amines is 1. The van der Waals surface area contributed by atoms with Crippen molar-refractivity contribution in [2.75, 3.05) is 17.7 Å². The Labute approximate surface area is 160 Å². The lowest BCUT2D eigenvalue weighted by Gasteiger charge is -2.10. The smallest absolute Gasteiger partial charge is 0.234 e. The van der Waals surface area contributed by atoms with Gasteiger partial charge in [-0.2, -0.15) is 0 Å². The lowest BCUT2D eigenvalue weighted by molar-refractivity contribution is -0.255. The number of nitrogens with zero attached hydrogens (tertiary/aromatic N) is 1. The Kier molecular flexibility index (Phi) is 5.66. The maximum atomic E-state index is 12.2. The van der Waals surface area contributed by atoms with Crippen LogP contribution in [-0.4, -0.2) is 34.2 Å². The predicted octanol–water partition coefficient (Wildman–Crippen LogP) is 2.36. The molecular formula is C19H18N3O4S-. The van der Waals surface area contributed by atoms with E-state index in [1.165, 1.54) is 23.9 Å². The molecule has 1 heterocycles. The van der Waals surface area contributed by atoms with Crippen molar-refractivity contribution >= 4 is 40.4 Å². The first-order valence-electron chi connectivity index (χ1n) is 8.33. The van der Waals surface area contributed by atoms with Crippen molar-refractivity contribution in [1.82, 2.24) is 9.97 Å². The first-order valence-corrected chi connectivity index (χ1v) is 9.32. The van der Waals surface area contributed by atoms with Gasteiger partial charge in [-0.25, -0.2) is 4.98 Å². The number of anilines is 1. The van der Waals surface area contributed by atoms with Gasteiger partial charge in [0.25, 0.3) is 0 Å². The molecule has 0 saturated heterocycles. The van der Waals surface area contributed by atoms with Crippen LogP contribution in [0.3, 0.4) is 0 Å². The summed E-state index contributed by atoms with van der Waals surface area (Å²) < 4.78 is 5.46. The van der Waals surface area contributed by atoms with Gasteiger partial charge in [-0.3, -0.25) is 4.79 Å². The molecule has 0 fully saturated rings. The number of hydrogen-bond acceptors (Lipinski definition) is 6. The number of fused-ring (bicyclic) bond motifs is 1. The van der Waals surface area contributed by atoms with Gasteiger partial charge < -0.3 is 24.9 Å². The number of carbonyl (C=O) groups is 2. The third-order valence-electron chi connectivity index (χ3n) is 3.83. The molecule has 0 saturated carbocycles. The van der Waals surface area contributed by atoms with Crippen molar-refractivity contribution in [1.29, 1.82) is 0 Å². The molecule has 27 heavy (non-hydrogen) atoms. The summed E-state index contributed by atoms with van der Waals surface area (Å²) in [5.41, 5.74) is 2.87. The molecule has 0 bridgehead atoms. The second-order valence-corrected chi connectivity index (χ2v) is 6.77. The van der Waals surface area contributed by atoms with Crippen molar-refractivity contribution in [3.05, 3.63) is 47.5 Å². The normalized spacial score (nSPS) is 10.7. The van der Waals surface area contributed by atoms with E-state index in [-0.39, 0.29) is 17.2 Å². The van der Waals surface area contributed by atoms with Crippen LogP contribution in [0.25, 0.3) is 11.0 Å². The van der Waals surface area contributed by atoms with Gasteiger partial charge in [-0.15, -0.1) is 0 Å². The number of hydrogen-bond donors (Lipinski definition) is 2. The van der Waals surface area contributed by atoms with E-state index in [2.05, 4.69) is 15.3 Å². The molecule has 1 aromatic heterocycles. The van der Waals surface area contributed by atoms with E-state index in [9.17, 15) is 14.7 Å². The monoisotopic (exact) mass is 384 g/mol. The van der Waals surface area contributed by atoms with Crippen molar-refractivity contribution < 1.29 is 19.4 Å². The highest BCUT2D eigenvalue weighted by atomic mass is 32.2. The molecule has 0 aliphatic carbocycles. The summed E-state index contributed by atoms with van der Waals surface area (Å²) in [4.78, 5) is 30.8. The van der Waals surface area contributed by atoms with Crippen LogP contribution in [0.5, 0.6) is 5.75 Å². The second kappa shape index (κ2) is 8.13. The first kappa shape index (κ1) is 18.8. The highest BCUT2D eigenvalue weighted by molar-refractivity contribution is 7.99. The summed E-state index contributed by atoms with van der Waals surface area (Å²) in [6.07, 6.45) is 0. The van der Waals surface area contributed by atoms with Gasteiger partial charge in [-0.05, 0) is 43.2 Å². The van der Waals surface area contributed by atoms with E-state index >= 15 is 0 Å². The topological polar surface area (TPSA) is 107 Å². The van der Waals surface area contributed by atoms with Gasteiger partial charge in [0.2, 0.25) is 5.91 Å². The zero-order chi connectivity index (χ0) is 19.4. The maximum absolute atomic E-state index is 12.2. The number of nitrogens with one attached hydrogen (secondary N) is 2. The number of aryl methyl sites for hydroxylation is 1. The van der Waals surface area contributed by atoms with E-state index < -0.39 is 5.97 Å². The minimum absolute atomic E-state index is 0.0194. The predicted molar refractivity (Wildman–Crippen MR) is 102 cm³/mol. The molecule has 0 unspecified atom stereocenters. The van der Waals surface area contributed by atoms with Gasteiger partial charge in [0.15, 0.2) is 5.16 Å². The quantitative estimate of drug-likeness (QED) is 0.606. The average molecular weight is 384 g/mol. The Balaban J connectivity index is 1.64. The van der Waals surface area contributed by atoms with Crippen molar-refractivity contribution in [2.24, 2.45) is 0 Å². The Morgan fingerprint density at radius 1 is 1.26 bits per heavy atom. The number of carboxylic acids is 1. The third-order valence-corrected chi connectivity index (χ3v) is 4.70. The lowest BCUT2D eigenvalue weighted by atomic mass is 10.1. The second-order valence-electron chi connectivity index (χ2n) is 5.81. The van der Waals surface area contributed by atoms with Gasteiger partial charge in [-0.1, -0.05) is 23.9 Å². The van der Waals surface area contributed by atoms with Crippen LogP contribution >= 0.6 is 11.8 Å². The lowest BCUT2D eigenvalue weighted by Crippen LogP contribution is -2.23. The first-order chi connectivity index (χ1) is 13.0. The highest BCUT2D eigenvalue weighted by Gasteiger charge is 2.10. The number of imidazole rings is 1. The molecule has 8 heteroatoms. The van der Waals surface area contributed by atoms with E-state index in [4.69, 9.17) is 4.74 Å². The van der Waals surface area contributed by atoms with Crippen LogP contribution in [0.2, 0.25) is 0 Å². The standard InChI is InChI=1S/C19H19N3O4S/c1-3-26-13-6-7-14-16(9-13)22-19(21-14)27-10-17(23)20-15-8-12(18(24)25)5-4-11(15)2/h4-9H,3,10H2,1-2H3,(H,20,23)(H,21,22)(H,24,25)/p-1. The molecule has 140 valence electrons. The number of amides is 1. The third kappa shape index (κ3) is 4.59. The summed E-state index contributed by atoms with van der Waals surface area (Å²) in [6.45, 7) is 4.29. The van der Waals surface area contributed by atoms with Crippen LogP contribution in [0.1, 0.15) is 22.8 Å². The number of carboxylic acid groups (broad SMARTS) is 1. The number of ether oxygens (including phenoxy) is 1. The van der Waals surface area contributed by atoms with Gasteiger partial charge in [0.1, 0.15) is 5.75 Å². The number of H-pyrrole nitrogens is 1. The number of aromatic nitrogens is 2. The molecule has 0 aliphatic heterocycles. The largest absolute Gasteiger partial charge is 0.545 e. The highest BCUT2D eigenvalue weighted by Crippen LogP contribution is 2.24. The zero-order valence-corrected chi connectivity index (χ0v) is 15.7. The summed E-state index contributed by atoms with van der Waals surface area (Å²) in [7, 11) is 0. The van der Waals surface area contributed by atoms with Crippen LogP contribution < -0.4 is 15.2 Å². The number of rotatable bonds is 7. The Morgan fingerprint density at radius 2 is 2.07 bits per heavy atom. The van der Waals surface area contributed by atoms with Gasteiger partial charge in [0.05, 0.1) is 29.4 Å². The Morgan fingerprint density at radius 3 is 2.81 bits per heavy atom. The summed E-state index contributed by atoms with van der Waals surface area (Å²) in [6, 6.07) is 10.0. The fourth-order valence-electron chi connectivity index (χ4n) is 2.49. The van der Waals surface area contributed by atoms with Crippen molar-refractivity contribution in [3.63, 3.8) is 0 Å². The average Bonchev–Trinajstić information content (AvgIpc) is 3.04. The molecule has 3 aromatic rings. The molecule has 0 radical (unpaired) electrons. The fraction of sp³-hybridized carbons (Fsp3) is 0.211. The molecule has 0 aliphatic rings. The molecule has 7 nitrogen and oxygen atoms in total. The summed E-state index contributed by atoms with van der Waals surface area (Å²) >= 11 is 1.26. The Hall–Kier alpha value is -3.00. The molecule has 0 spiro atoms. The molecule has 2 aromatic carbocycles.